The van der Waals surface area contributed by atoms with Crippen LogP contribution in [-0.4, -0.2) is 0 Å². The van der Waals surface area contributed by atoms with Gasteiger partial charge in [-0.1, -0.05) is 187 Å². The quantitative estimate of drug-likeness (QED) is 0.133. The number of aryl methyl sites for hydroxylation is 12. The van der Waals surface area contributed by atoms with E-state index < -0.39 is 41.0 Å². The van der Waals surface area contributed by atoms with Crippen molar-refractivity contribution in [2.24, 2.45) is 0 Å². The van der Waals surface area contributed by atoms with Gasteiger partial charge in [0, 0.05) is 54.2 Å². The van der Waals surface area contributed by atoms with Crippen molar-refractivity contribution in [3.05, 3.63) is 263 Å². The Labute approximate surface area is 611 Å². The van der Waals surface area contributed by atoms with Crippen molar-refractivity contribution in [2.45, 2.75) is 115 Å². The van der Waals surface area contributed by atoms with Gasteiger partial charge in [-0.15, -0.1) is 0 Å². The smallest absolute Gasteiger partial charge is 0.207 e. The summed E-state index contributed by atoms with van der Waals surface area (Å²) in [7, 11) is 0. The van der Waals surface area contributed by atoms with E-state index in [0.29, 0.717) is 20.1 Å². The average Bonchev–Trinajstić information content (AvgIpc) is 3.56. The lowest BCUT2D eigenvalue weighted by Crippen LogP contribution is -2.09. The zero-order valence-corrected chi connectivity index (χ0v) is 68.0. The molecule has 0 aromatic heterocycles. The van der Waals surface area contributed by atoms with Gasteiger partial charge in [0.1, 0.15) is 17.5 Å². The zero-order chi connectivity index (χ0) is 69.3. The number of rotatable bonds is 0. The molecule has 486 valence electrons. The molecule has 0 bridgehead atoms. The highest BCUT2D eigenvalue weighted by atomic mass is 79.9. The van der Waals surface area contributed by atoms with Crippen molar-refractivity contribution < 1.29 is 52.7 Å². The maximum atomic E-state index is 12.9. The number of alkyl halides is 9. The Morgan fingerprint density at radius 2 is 0.539 bits per heavy atom. The van der Waals surface area contributed by atoms with Gasteiger partial charge in [-0.05, 0) is 272 Å². The van der Waals surface area contributed by atoms with Crippen LogP contribution < -0.4 is 0 Å². The van der Waals surface area contributed by atoms with Crippen molar-refractivity contribution in [1.29, 1.82) is 0 Å². The van der Waals surface area contributed by atoms with Gasteiger partial charge in [-0.25, -0.2) is 13.2 Å². The third-order valence-corrected chi connectivity index (χ3v) is 19.1. The van der Waals surface area contributed by atoms with Gasteiger partial charge in [-0.2, -0.15) is 39.5 Å². The van der Waals surface area contributed by atoms with Gasteiger partial charge < -0.3 is 0 Å². The number of halogens is 24. The highest BCUT2D eigenvalue weighted by Crippen LogP contribution is 2.40. The second-order valence-corrected chi connectivity index (χ2v) is 30.0. The lowest BCUT2D eigenvalue weighted by Gasteiger charge is -2.13. The first-order valence-corrected chi connectivity index (χ1v) is 34.6. The van der Waals surface area contributed by atoms with Crippen LogP contribution in [-0.2, 0) is 18.5 Å². The van der Waals surface area contributed by atoms with Crippen molar-refractivity contribution in [2.75, 3.05) is 0 Å². The summed E-state index contributed by atoms with van der Waals surface area (Å²) in [5.74, 6) is -1.47. The number of hydrogen-bond acceptors (Lipinski definition) is 0. The topological polar surface area (TPSA) is 0 Å². The van der Waals surface area contributed by atoms with E-state index >= 15 is 0 Å². The molecule has 0 aliphatic rings. The molecule has 0 unspecified atom stereocenters. The minimum absolute atomic E-state index is 0.0262. The molecule has 8 aromatic rings. The normalized spacial score (nSPS) is 10.8. The van der Waals surface area contributed by atoms with Crippen LogP contribution in [0.3, 0.4) is 0 Å². The predicted molar refractivity (Wildman–Crippen MR) is 382 cm³/mol. The predicted octanol–water partition coefficient (Wildman–Crippen LogP) is 30.3. The first kappa shape index (κ1) is 85.5. The second-order valence-electron chi connectivity index (χ2n) is 19.8. The van der Waals surface area contributed by atoms with Crippen LogP contribution in [0.4, 0.5) is 52.7 Å². The maximum Gasteiger partial charge on any atom is 0.419 e. The number of benzene rings is 8. The standard InChI is InChI=1S/C9H8BrF3.C8H5Br2F3.2C8H8Br2.C8H8BrCl.C8H5BrF4.2C8H8BrF/c1-5-3-7(10)4-6(2)8(5)9(11,12)13;1-4-2-5(9)3-6(10)7(4)8(11,12)13;1-5-3-7(9)4-8(10)6(5)2;2*1-5-3-7(9)4-6(2)8(5)10;1-4-2-5(9)3-6(7(4)10)8(11,12)13;1-5-3-7(9)4-8(10)6(5)2;1-5-3-7(9)4-6(2)8(5)10/h3-4H,1-2H3;2-3H,1H3;3*3-4H,1-2H3;2-3H,1H3;2*3-4H,1-2H3. The Morgan fingerprint density at radius 3 is 0.876 bits per heavy atom. The minimum Gasteiger partial charge on any atom is -0.207 e. The van der Waals surface area contributed by atoms with Gasteiger partial charge in [0.25, 0.3) is 0 Å². The van der Waals surface area contributed by atoms with E-state index in [2.05, 4.69) is 227 Å². The molecule has 0 saturated heterocycles. The molecule has 0 nitrogen and oxygen atoms in total. The third kappa shape index (κ3) is 29.6. The van der Waals surface area contributed by atoms with E-state index in [-0.39, 0.29) is 42.8 Å². The van der Waals surface area contributed by atoms with Gasteiger partial charge in [0.05, 0.1) is 16.7 Å². The molecule has 24 heteroatoms. The lowest BCUT2D eigenvalue weighted by atomic mass is 10.0. The molecule has 0 heterocycles. The van der Waals surface area contributed by atoms with Crippen LogP contribution in [0.5, 0.6) is 0 Å². The average molecular weight is 1980 g/mol. The van der Waals surface area contributed by atoms with E-state index in [1.807, 2.05) is 39.0 Å². The Kier molecular flexibility index (Phi) is 36.8. The third-order valence-electron chi connectivity index (χ3n) is 12.2. The van der Waals surface area contributed by atoms with Gasteiger partial charge in [0.2, 0.25) is 0 Å². The van der Waals surface area contributed by atoms with Crippen molar-refractivity contribution >= 4 is 187 Å². The van der Waals surface area contributed by atoms with Crippen LogP contribution >= 0.6 is 187 Å². The summed E-state index contributed by atoms with van der Waals surface area (Å²) >= 11 is 41.6. The van der Waals surface area contributed by atoms with Crippen molar-refractivity contribution in [3.8, 4) is 0 Å². The summed E-state index contributed by atoms with van der Waals surface area (Å²) in [4.78, 5) is 0. The molecule has 8 rings (SSSR count). The van der Waals surface area contributed by atoms with Crippen LogP contribution in [0, 0.1) is 114 Å². The molecule has 0 aliphatic heterocycles. The van der Waals surface area contributed by atoms with Crippen LogP contribution in [0.25, 0.3) is 0 Å². The SMILES string of the molecule is Cc1cc(Br)cc(Br)c1C.Cc1cc(Br)cc(Br)c1C(F)(F)F.Cc1cc(Br)cc(C(F)(F)F)c1F.Cc1cc(Br)cc(C)c1Br.Cc1cc(Br)cc(C)c1C(F)(F)F.Cc1cc(Br)cc(C)c1Cl.Cc1cc(Br)cc(C)c1F.Cc1cc(Br)cc(F)c1C. The van der Waals surface area contributed by atoms with Crippen molar-refractivity contribution in [1.82, 2.24) is 0 Å². The molecule has 8 aromatic carbocycles. The van der Waals surface area contributed by atoms with E-state index in [1.54, 1.807) is 32.9 Å². The molecular formula is C65H58Br11ClF12. The highest BCUT2D eigenvalue weighted by Gasteiger charge is 2.36. The summed E-state index contributed by atoms with van der Waals surface area (Å²) in [5.41, 5.74) is 8.76. The van der Waals surface area contributed by atoms with E-state index in [9.17, 15) is 52.7 Å². The molecule has 0 aliphatic carbocycles. The summed E-state index contributed by atoms with van der Waals surface area (Å²) in [6.45, 7) is 25.2. The van der Waals surface area contributed by atoms with E-state index in [0.717, 1.165) is 55.7 Å². The fourth-order valence-electron chi connectivity index (χ4n) is 7.58. The van der Waals surface area contributed by atoms with Crippen LogP contribution in [0.1, 0.15) is 94.6 Å². The molecule has 0 radical (unpaired) electrons. The molecule has 0 fully saturated rings. The molecule has 0 atom stereocenters. The Balaban J connectivity index is 0.000000510. The van der Waals surface area contributed by atoms with E-state index in [4.69, 9.17) is 11.6 Å². The number of hydrogen-bond donors (Lipinski definition) is 0. The fourth-order valence-corrected chi connectivity index (χ4v) is 14.9. The maximum absolute atomic E-state index is 12.9. The molecule has 0 N–H and O–H groups in total. The largest absolute Gasteiger partial charge is 0.419 e. The lowest BCUT2D eigenvalue weighted by molar-refractivity contribution is -0.140. The Morgan fingerprint density at radius 1 is 0.270 bits per heavy atom. The summed E-state index contributed by atoms with van der Waals surface area (Å²) in [6, 6.07) is 27.1. The minimum atomic E-state index is -4.64. The molecule has 89 heavy (non-hydrogen) atoms. The zero-order valence-electron chi connectivity index (χ0n) is 49.8. The first-order valence-electron chi connectivity index (χ1n) is 25.5. The summed E-state index contributed by atoms with van der Waals surface area (Å²) < 4.78 is 159. The molecule has 0 saturated carbocycles. The van der Waals surface area contributed by atoms with E-state index in [1.165, 1.54) is 95.3 Å². The second kappa shape index (κ2) is 38.3. The summed E-state index contributed by atoms with van der Waals surface area (Å²) in [6.07, 6.45) is -13.2. The van der Waals surface area contributed by atoms with Crippen LogP contribution in [0.15, 0.2) is 146 Å². The van der Waals surface area contributed by atoms with Crippen LogP contribution in [0.2, 0.25) is 5.02 Å². The van der Waals surface area contributed by atoms with Crippen molar-refractivity contribution in [3.63, 3.8) is 0 Å². The highest BCUT2D eigenvalue weighted by molar-refractivity contribution is 9.12. The van der Waals surface area contributed by atoms with Gasteiger partial charge in [0.15, 0.2) is 0 Å². The van der Waals surface area contributed by atoms with Gasteiger partial charge in [-0.3, -0.25) is 0 Å². The molecular weight excluding hydrogens is 1920 g/mol. The fraction of sp³-hybridized carbons (Fsp3) is 0.262. The Hall–Kier alpha value is -1.51. The Bertz CT molecular complexity index is 3160. The van der Waals surface area contributed by atoms with Gasteiger partial charge >= 0.3 is 18.5 Å². The monoisotopic (exact) mass is 1970 g/mol. The summed E-state index contributed by atoms with van der Waals surface area (Å²) in [5, 5.41) is 0.864. The first-order chi connectivity index (χ1) is 40.5. The molecule has 0 amide bonds. The molecule has 0 spiro atoms.